The molecule has 0 aliphatic rings. The molecule has 0 radical (unpaired) electrons. The van der Waals surface area contributed by atoms with E-state index >= 15 is 0 Å². The molecule has 8 heteroatoms. The number of nitrogens with two attached hydrogens (primary N) is 1. The van der Waals surface area contributed by atoms with E-state index in [4.69, 9.17) is 5.73 Å². The second-order valence-corrected chi connectivity index (χ2v) is 4.14. The van der Waals surface area contributed by atoms with Crippen LogP contribution in [0.3, 0.4) is 0 Å². The van der Waals surface area contributed by atoms with Gasteiger partial charge >= 0.3 is 5.69 Å². The van der Waals surface area contributed by atoms with Crippen molar-refractivity contribution in [2.75, 3.05) is 5.73 Å². The molecular weight excluding hydrogens is 262 g/mol. The number of fused-ring (bicyclic) bond motifs is 1. The van der Waals surface area contributed by atoms with Crippen molar-refractivity contribution >= 4 is 17.2 Å². The van der Waals surface area contributed by atoms with Crippen LogP contribution < -0.4 is 11.3 Å². The zero-order valence-corrected chi connectivity index (χ0v) is 10.1. The number of hydrogen-bond donors (Lipinski definition) is 2. The van der Waals surface area contributed by atoms with Gasteiger partial charge in [-0.3, -0.25) is 20.0 Å². The molecule has 0 saturated heterocycles. The average molecular weight is 271 g/mol. The van der Waals surface area contributed by atoms with E-state index in [-0.39, 0.29) is 11.5 Å². The SMILES string of the molecule is Nc1[nH]n2c(=O)cc(-c3ccccc3)nc2c1[N+](=O)[O-]. The van der Waals surface area contributed by atoms with Gasteiger partial charge < -0.3 is 5.73 Å². The number of hydrogen-bond acceptors (Lipinski definition) is 5. The molecule has 3 aromatic rings. The van der Waals surface area contributed by atoms with Crippen molar-refractivity contribution in [2.45, 2.75) is 0 Å². The van der Waals surface area contributed by atoms with Crippen molar-refractivity contribution in [1.82, 2.24) is 14.6 Å². The van der Waals surface area contributed by atoms with Gasteiger partial charge in [-0.05, 0) is 0 Å². The summed E-state index contributed by atoms with van der Waals surface area (Å²) in [5.41, 5.74) is 5.60. The van der Waals surface area contributed by atoms with Crippen molar-refractivity contribution in [1.29, 1.82) is 0 Å². The Morgan fingerprint density at radius 2 is 2.00 bits per heavy atom. The Balaban J connectivity index is 2.36. The van der Waals surface area contributed by atoms with Gasteiger partial charge in [-0.25, -0.2) is 4.98 Å². The average Bonchev–Trinajstić information content (AvgIpc) is 2.76. The Morgan fingerprint density at radius 1 is 1.30 bits per heavy atom. The minimum Gasteiger partial charge on any atom is -0.378 e. The Bertz CT molecular complexity index is 866. The molecule has 0 spiro atoms. The number of nitro groups is 1. The first-order chi connectivity index (χ1) is 9.58. The van der Waals surface area contributed by atoms with Crippen LogP contribution in [-0.2, 0) is 0 Å². The van der Waals surface area contributed by atoms with E-state index in [0.29, 0.717) is 11.3 Å². The van der Waals surface area contributed by atoms with Crippen molar-refractivity contribution in [3.63, 3.8) is 0 Å². The first kappa shape index (κ1) is 11.9. The molecule has 100 valence electrons. The lowest BCUT2D eigenvalue weighted by atomic mass is 10.1. The van der Waals surface area contributed by atoms with Crippen LogP contribution in [0.1, 0.15) is 0 Å². The second-order valence-electron chi connectivity index (χ2n) is 4.14. The van der Waals surface area contributed by atoms with Crippen LogP contribution in [0.4, 0.5) is 11.5 Å². The van der Waals surface area contributed by atoms with Crippen LogP contribution in [0.2, 0.25) is 0 Å². The van der Waals surface area contributed by atoms with Gasteiger partial charge in [-0.2, -0.15) is 4.52 Å². The third-order valence-corrected chi connectivity index (χ3v) is 2.87. The summed E-state index contributed by atoms with van der Waals surface area (Å²) in [5.74, 6) is -0.204. The molecular formula is C12H9N5O3. The highest BCUT2D eigenvalue weighted by atomic mass is 16.6. The lowest BCUT2D eigenvalue weighted by Gasteiger charge is -2.00. The summed E-state index contributed by atoms with van der Waals surface area (Å²) in [6, 6.07) is 10.2. The van der Waals surface area contributed by atoms with E-state index in [1.165, 1.54) is 6.07 Å². The molecule has 3 N–H and O–H groups in total. The maximum absolute atomic E-state index is 12.0. The monoisotopic (exact) mass is 271 g/mol. The fraction of sp³-hybridized carbons (Fsp3) is 0. The Kier molecular flexibility index (Phi) is 2.50. The predicted molar refractivity (Wildman–Crippen MR) is 72.3 cm³/mol. The van der Waals surface area contributed by atoms with Crippen LogP contribution in [0.5, 0.6) is 0 Å². The second kappa shape index (κ2) is 4.19. The molecule has 8 nitrogen and oxygen atoms in total. The first-order valence-corrected chi connectivity index (χ1v) is 5.69. The summed E-state index contributed by atoms with van der Waals surface area (Å²) >= 11 is 0. The van der Waals surface area contributed by atoms with E-state index < -0.39 is 16.2 Å². The van der Waals surface area contributed by atoms with Gasteiger partial charge in [0.05, 0.1) is 10.6 Å². The van der Waals surface area contributed by atoms with Crippen LogP contribution in [-0.4, -0.2) is 19.5 Å². The number of nitrogens with one attached hydrogen (secondary N) is 1. The zero-order valence-electron chi connectivity index (χ0n) is 10.1. The van der Waals surface area contributed by atoms with Gasteiger partial charge in [0, 0.05) is 11.6 Å². The molecule has 0 fully saturated rings. The molecule has 3 rings (SSSR count). The topological polar surface area (TPSA) is 119 Å². The summed E-state index contributed by atoms with van der Waals surface area (Å²) in [4.78, 5) is 26.5. The molecule has 2 heterocycles. The van der Waals surface area contributed by atoms with E-state index in [0.717, 1.165) is 4.52 Å². The van der Waals surface area contributed by atoms with E-state index in [1.807, 2.05) is 6.07 Å². The highest BCUT2D eigenvalue weighted by molar-refractivity contribution is 5.73. The number of rotatable bonds is 2. The number of benzene rings is 1. The summed E-state index contributed by atoms with van der Waals surface area (Å²) in [7, 11) is 0. The van der Waals surface area contributed by atoms with Crippen molar-refractivity contribution < 1.29 is 4.92 Å². The molecule has 0 bridgehead atoms. The molecule has 0 atom stereocenters. The molecule has 1 aromatic carbocycles. The summed E-state index contributed by atoms with van der Waals surface area (Å²) in [5, 5.41) is 13.4. The fourth-order valence-electron chi connectivity index (χ4n) is 1.98. The Hall–Kier alpha value is -3.16. The van der Waals surface area contributed by atoms with Gasteiger partial charge in [0.25, 0.3) is 5.56 Å². The maximum atomic E-state index is 12.0. The van der Waals surface area contributed by atoms with Crippen LogP contribution >= 0.6 is 0 Å². The lowest BCUT2D eigenvalue weighted by molar-refractivity contribution is -0.382. The van der Waals surface area contributed by atoms with Crippen LogP contribution in [0.25, 0.3) is 16.9 Å². The minimum absolute atomic E-state index is 0.0983. The predicted octanol–water partition coefficient (Wildman–Crippen LogP) is 1.18. The molecule has 0 aliphatic heterocycles. The quantitative estimate of drug-likeness (QED) is 0.535. The number of H-pyrrole nitrogens is 1. The van der Waals surface area contributed by atoms with Gasteiger partial charge in [-0.15, -0.1) is 0 Å². The Morgan fingerprint density at radius 3 is 2.65 bits per heavy atom. The number of aromatic amines is 1. The minimum atomic E-state index is -0.664. The van der Waals surface area contributed by atoms with Crippen LogP contribution in [0.15, 0.2) is 41.2 Å². The van der Waals surface area contributed by atoms with Crippen LogP contribution in [0, 0.1) is 10.1 Å². The highest BCUT2D eigenvalue weighted by Gasteiger charge is 2.23. The van der Waals surface area contributed by atoms with Gasteiger partial charge in [0.2, 0.25) is 5.65 Å². The largest absolute Gasteiger partial charge is 0.378 e. The van der Waals surface area contributed by atoms with Gasteiger partial charge in [-0.1, -0.05) is 30.3 Å². The van der Waals surface area contributed by atoms with E-state index in [1.54, 1.807) is 24.3 Å². The summed E-state index contributed by atoms with van der Waals surface area (Å²) in [6.45, 7) is 0. The lowest BCUT2D eigenvalue weighted by Crippen LogP contribution is -2.14. The van der Waals surface area contributed by atoms with Crippen molar-refractivity contribution in [2.24, 2.45) is 0 Å². The number of nitrogen functional groups attached to an aromatic ring is 1. The molecule has 2 aromatic heterocycles. The van der Waals surface area contributed by atoms with Gasteiger partial charge in [0.1, 0.15) is 0 Å². The molecule has 0 unspecified atom stereocenters. The third kappa shape index (κ3) is 1.70. The van der Waals surface area contributed by atoms with Crippen molar-refractivity contribution in [3.8, 4) is 11.3 Å². The van der Waals surface area contributed by atoms with E-state index in [2.05, 4.69) is 10.1 Å². The van der Waals surface area contributed by atoms with Gasteiger partial charge in [0.15, 0.2) is 5.82 Å². The zero-order chi connectivity index (χ0) is 14.3. The molecule has 0 aliphatic carbocycles. The standard InChI is InChI=1S/C12H9N5O3/c13-11-10(17(19)20)12-14-8(6-9(18)16(12)15-11)7-4-2-1-3-5-7/h1-6,15H,13H2. The van der Waals surface area contributed by atoms with E-state index in [9.17, 15) is 14.9 Å². The summed E-state index contributed by atoms with van der Waals surface area (Å²) < 4.78 is 0.958. The number of aromatic nitrogens is 3. The molecule has 0 saturated carbocycles. The normalized spacial score (nSPS) is 10.8. The van der Waals surface area contributed by atoms with Crippen molar-refractivity contribution in [3.05, 3.63) is 56.9 Å². The Labute approximate surface area is 111 Å². The highest BCUT2D eigenvalue weighted by Crippen LogP contribution is 2.25. The first-order valence-electron chi connectivity index (χ1n) is 5.69. The molecule has 0 amide bonds. The fourth-order valence-corrected chi connectivity index (χ4v) is 1.98. The third-order valence-electron chi connectivity index (χ3n) is 2.87. The smallest absolute Gasteiger partial charge is 0.354 e. The number of anilines is 1. The number of nitrogens with zero attached hydrogens (tertiary/aromatic N) is 3. The maximum Gasteiger partial charge on any atom is 0.354 e. The molecule has 20 heavy (non-hydrogen) atoms. The summed E-state index contributed by atoms with van der Waals surface area (Å²) in [6.07, 6.45) is 0.